The molecule has 0 unspecified atom stereocenters. The van der Waals surface area contributed by atoms with Crippen molar-refractivity contribution >= 4 is 17.9 Å². The van der Waals surface area contributed by atoms with Gasteiger partial charge in [0, 0.05) is 26.2 Å². The molecule has 0 bridgehead atoms. The van der Waals surface area contributed by atoms with Gasteiger partial charge in [-0.05, 0) is 31.9 Å². The molecular weight excluding hydrogens is 340 g/mol. The fourth-order valence-electron chi connectivity index (χ4n) is 4.06. The standard InChI is InChI=1S/C19H26O7/c1-9-6-15-13(10(2)18(22)25-15)7-16(24-12(4)21)19(5)17(26-19)8-14(9)23-11(3)20/h6,10,13-17H,7-8H2,1-5H3/b9-6+/t10-,13+,14+,15-,16-,17-,19+/m1/s1. The largest absolute Gasteiger partial charge is 0.459 e. The molecule has 3 aliphatic rings. The molecule has 0 radical (unpaired) electrons. The summed E-state index contributed by atoms with van der Waals surface area (Å²) in [6, 6.07) is 0. The Morgan fingerprint density at radius 2 is 1.85 bits per heavy atom. The second kappa shape index (κ2) is 6.68. The fraction of sp³-hybridized carbons (Fsp3) is 0.737. The summed E-state index contributed by atoms with van der Waals surface area (Å²) in [5.74, 6) is -1.49. The summed E-state index contributed by atoms with van der Waals surface area (Å²) in [5, 5.41) is 0. The Kier molecular flexibility index (Phi) is 4.86. The number of carbonyl (C=O) groups excluding carboxylic acids is 3. The van der Waals surface area contributed by atoms with Crippen LogP contribution in [0.5, 0.6) is 0 Å². The second-order valence-corrected chi connectivity index (χ2v) is 7.72. The van der Waals surface area contributed by atoms with Gasteiger partial charge in [0.1, 0.15) is 23.9 Å². The van der Waals surface area contributed by atoms with Crippen LogP contribution in [0.25, 0.3) is 0 Å². The molecule has 1 aliphatic carbocycles. The molecule has 2 fully saturated rings. The highest BCUT2D eigenvalue weighted by Gasteiger charge is 2.61. The Bertz CT molecular complexity index is 654. The molecule has 3 rings (SSSR count). The van der Waals surface area contributed by atoms with Crippen LogP contribution >= 0.6 is 0 Å². The molecule has 0 spiro atoms. The van der Waals surface area contributed by atoms with Gasteiger partial charge in [0.2, 0.25) is 0 Å². The second-order valence-electron chi connectivity index (χ2n) is 7.72. The van der Waals surface area contributed by atoms with Crippen LogP contribution in [-0.4, -0.2) is 47.9 Å². The van der Waals surface area contributed by atoms with Gasteiger partial charge >= 0.3 is 17.9 Å². The lowest BCUT2D eigenvalue weighted by Crippen LogP contribution is -2.39. The number of esters is 3. The predicted octanol–water partition coefficient (Wildman–Crippen LogP) is 1.93. The first-order valence-electron chi connectivity index (χ1n) is 9.03. The van der Waals surface area contributed by atoms with Gasteiger partial charge in [0.25, 0.3) is 0 Å². The van der Waals surface area contributed by atoms with Crippen LogP contribution in [0.3, 0.4) is 0 Å². The van der Waals surface area contributed by atoms with Gasteiger partial charge in [-0.3, -0.25) is 14.4 Å². The van der Waals surface area contributed by atoms with Crippen LogP contribution in [0.2, 0.25) is 0 Å². The summed E-state index contributed by atoms with van der Waals surface area (Å²) < 4.78 is 22.4. The highest BCUT2D eigenvalue weighted by atomic mass is 16.6. The van der Waals surface area contributed by atoms with Crippen molar-refractivity contribution in [3.05, 3.63) is 11.6 Å². The van der Waals surface area contributed by atoms with Gasteiger partial charge in [-0.2, -0.15) is 0 Å². The minimum atomic E-state index is -0.655. The summed E-state index contributed by atoms with van der Waals surface area (Å²) >= 11 is 0. The van der Waals surface area contributed by atoms with Crippen LogP contribution in [0.4, 0.5) is 0 Å². The molecule has 7 nitrogen and oxygen atoms in total. The van der Waals surface area contributed by atoms with Crippen molar-refractivity contribution in [3.63, 3.8) is 0 Å². The Morgan fingerprint density at radius 3 is 2.46 bits per heavy atom. The molecule has 2 saturated heterocycles. The molecule has 0 aromatic carbocycles. The average Bonchev–Trinajstić information content (AvgIpc) is 3.11. The summed E-state index contributed by atoms with van der Waals surface area (Å²) in [7, 11) is 0. The summed E-state index contributed by atoms with van der Waals surface area (Å²) in [6.45, 7) is 8.31. The van der Waals surface area contributed by atoms with Crippen LogP contribution < -0.4 is 0 Å². The van der Waals surface area contributed by atoms with E-state index in [0.29, 0.717) is 12.8 Å². The van der Waals surface area contributed by atoms with E-state index in [1.807, 2.05) is 26.8 Å². The van der Waals surface area contributed by atoms with Gasteiger partial charge < -0.3 is 18.9 Å². The molecule has 2 heterocycles. The van der Waals surface area contributed by atoms with Gasteiger partial charge in [0.05, 0.1) is 12.0 Å². The number of rotatable bonds is 2. The minimum Gasteiger partial charge on any atom is -0.459 e. The maximum absolute atomic E-state index is 12.1. The van der Waals surface area contributed by atoms with Crippen molar-refractivity contribution in [1.82, 2.24) is 0 Å². The Morgan fingerprint density at radius 1 is 1.19 bits per heavy atom. The topological polar surface area (TPSA) is 91.4 Å². The zero-order valence-electron chi connectivity index (χ0n) is 15.8. The van der Waals surface area contributed by atoms with Crippen LogP contribution in [-0.2, 0) is 33.3 Å². The van der Waals surface area contributed by atoms with E-state index < -0.39 is 23.9 Å². The molecule has 0 N–H and O–H groups in total. The lowest BCUT2D eigenvalue weighted by Gasteiger charge is -2.29. The molecule has 0 amide bonds. The zero-order chi connectivity index (χ0) is 19.2. The first kappa shape index (κ1) is 18.9. The minimum absolute atomic E-state index is 0.139. The number of fused-ring (bicyclic) bond motifs is 2. The lowest BCUT2D eigenvalue weighted by atomic mass is 9.80. The number of ether oxygens (including phenoxy) is 4. The maximum atomic E-state index is 12.1. The molecule has 0 saturated carbocycles. The number of hydrogen-bond donors (Lipinski definition) is 0. The van der Waals surface area contributed by atoms with E-state index in [1.165, 1.54) is 13.8 Å². The SMILES string of the molecule is CC(=O)O[C@H]1C[C@H]2O[C@@]2(C)[C@H](OC(C)=O)C[C@@H]2[C@@H](/C=C/1C)OC(=O)[C@@H]2C. The van der Waals surface area contributed by atoms with Crippen LogP contribution in [0.15, 0.2) is 11.6 Å². The molecule has 0 aromatic heterocycles. The highest BCUT2D eigenvalue weighted by Crippen LogP contribution is 2.48. The fourth-order valence-corrected chi connectivity index (χ4v) is 4.06. The van der Waals surface area contributed by atoms with Crippen molar-refractivity contribution in [2.24, 2.45) is 11.8 Å². The average molecular weight is 366 g/mol. The molecule has 0 aromatic rings. The van der Waals surface area contributed by atoms with Gasteiger partial charge in [-0.1, -0.05) is 6.92 Å². The predicted molar refractivity (Wildman–Crippen MR) is 89.9 cm³/mol. The maximum Gasteiger partial charge on any atom is 0.309 e. The molecule has 7 atom stereocenters. The Balaban J connectivity index is 1.96. The zero-order valence-corrected chi connectivity index (χ0v) is 15.8. The third-order valence-electron chi connectivity index (χ3n) is 5.77. The monoisotopic (exact) mass is 366 g/mol. The summed E-state index contributed by atoms with van der Waals surface area (Å²) in [4.78, 5) is 35.2. The molecule has 26 heavy (non-hydrogen) atoms. The normalized spacial score (nSPS) is 43.9. The van der Waals surface area contributed by atoms with Crippen molar-refractivity contribution < 1.29 is 33.3 Å². The molecular formula is C19H26O7. The Labute approximate surface area is 153 Å². The van der Waals surface area contributed by atoms with Crippen molar-refractivity contribution in [2.75, 3.05) is 0 Å². The third-order valence-corrected chi connectivity index (χ3v) is 5.77. The summed E-state index contributed by atoms with van der Waals surface area (Å²) in [6.07, 6.45) is 1.22. The van der Waals surface area contributed by atoms with Gasteiger partial charge in [0.15, 0.2) is 0 Å². The van der Waals surface area contributed by atoms with Crippen LogP contribution in [0.1, 0.15) is 47.5 Å². The Hall–Kier alpha value is -1.89. The quantitative estimate of drug-likeness (QED) is 0.319. The molecule has 7 heteroatoms. The van der Waals surface area contributed by atoms with E-state index in [-0.39, 0.29) is 35.8 Å². The number of epoxide rings is 1. The lowest BCUT2D eigenvalue weighted by molar-refractivity contribution is -0.151. The van der Waals surface area contributed by atoms with E-state index in [4.69, 9.17) is 18.9 Å². The number of carbonyl (C=O) groups is 3. The third kappa shape index (κ3) is 3.49. The van der Waals surface area contributed by atoms with E-state index >= 15 is 0 Å². The number of hydrogen-bond acceptors (Lipinski definition) is 7. The van der Waals surface area contributed by atoms with Gasteiger partial charge in [-0.15, -0.1) is 0 Å². The molecule has 2 aliphatic heterocycles. The molecule has 144 valence electrons. The van der Waals surface area contributed by atoms with E-state index in [9.17, 15) is 14.4 Å². The van der Waals surface area contributed by atoms with Crippen molar-refractivity contribution in [2.45, 2.75) is 77.5 Å². The van der Waals surface area contributed by atoms with Crippen molar-refractivity contribution in [1.29, 1.82) is 0 Å². The highest BCUT2D eigenvalue weighted by molar-refractivity contribution is 5.75. The van der Waals surface area contributed by atoms with E-state index in [2.05, 4.69) is 0 Å². The smallest absolute Gasteiger partial charge is 0.309 e. The van der Waals surface area contributed by atoms with E-state index in [1.54, 1.807) is 0 Å². The summed E-state index contributed by atoms with van der Waals surface area (Å²) in [5.41, 5.74) is 0.179. The first-order chi connectivity index (χ1) is 12.1. The van der Waals surface area contributed by atoms with Gasteiger partial charge in [-0.25, -0.2) is 0 Å². The first-order valence-corrected chi connectivity index (χ1v) is 9.03. The van der Waals surface area contributed by atoms with E-state index in [0.717, 1.165) is 5.57 Å². The van der Waals surface area contributed by atoms with Crippen molar-refractivity contribution in [3.8, 4) is 0 Å². The van der Waals surface area contributed by atoms with Crippen LogP contribution in [0, 0.1) is 11.8 Å².